The van der Waals surface area contributed by atoms with Gasteiger partial charge >= 0.3 is 0 Å². The smallest absolute Gasteiger partial charge is 0.0564 e. The molecular weight excluding hydrogens is 222 g/mol. The number of aliphatic hydroxyl groups excluding tert-OH is 1. The van der Waals surface area contributed by atoms with Crippen LogP contribution in [0.25, 0.3) is 0 Å². The maximum atomic E-state index is 9.53. The van der Waals surface area contributed by atoms with E-state index in [-0.39, 0.29) is 6.10 Å². The van der Waals surface area contributed by atoms with E-state index in [2.05, 4.69) is 4.90 Å². The Morgan fingerprint density at radius 3 is 2.19 bits per heavy atom. The molecule has 0 aromatic carbocycles. The standard InChI is InChI=1S/C13H24ClNO/c14-12-5-3-1-2-4-6-13(12)15-9-7-11(16)8-10-15/h11-13,16H,1-10H2. The van der Waals surface area contributed by atoms with Crippen LogP contribution in [-0.4, -0.2) is 40.6 Å². The molecule has 0 aromatic heterocycles. The summed E-state index contributed by atoms with van der Waals surface area (Å²) < 4.78 is 0. The van der Waals surface area contributed by atoms with E-state index in [1.54, 1.807) is 0 Å². The molecule has 1 heterocycles. The van der Waals surface area contributed by atoms with Gasteiger partial charge in [-0.25, -0.2) is 0 Å². The molecular formula is C13H24ClNO. The zero-order valence-corrected chi connectivity index (χ0v) is 10.8. The Labute approximate surface area is 104 Å². The second-order valence-corrected chi connectivity index (χ2v) is 5.90. The highest BCUT2D eigenvalue weighted by Crippen LogP contribution is 2.27. The van der Waals surface area contributed by atoms with Gasteiger partial charge in [-0.15, -0.1) is 11.6 Å². The van der Waals surface area contributed by atoms with Gasteiger partial charge in [-0.1, -0.05) is 25.7 Å². The summed E-state index contributed by atoms with van der Waals surface area (Å²) in [5.41, 5.74) is 0. The van der Waals surface area contributed by atoms with Crippen LogP contribution in [0.5, 0.6) is 0 Å². The van der Waals surface area contributed by atoms with Gasteiger partial charge in [-0.05, 0) is 25.7 Å². The molecule has 2 fully saturated rings. The van der Waals surface area contributed by atoms with Gasteiger partial charge in [0.2, 0.25) is 0 Å². The maximum Gasteiger partial charge on any atom is 0.0564 e. The van der Waals surface area contributed by atoms with Crippen molar-refractivity contribution in [3.63, 3.8) is 0 Å². The third-order valence-electron chi connectivity index (χ3n) is 4.12. The monoisotopic (exact) mass is 245 g/mol. The average Bonchev–Trinajstić information content (AvgIpc) is 2.26. The van der Waals surface area contributed by atoms with Crippen LogP contribution in [-0.2, 0) is 0 Å². The molecule has 1 saturated carbocycles. The van der Waals surface area contributed by atoms with Crippen molar-refractivity contribution in [2.45, 2.75) is 68.9 Å². The number of alkyl halides is 1. The summed E-state index contributed by atoms with van der Waals surface area (Å²) in [5.74, 6) is 0. The van der Waals surface area contributed by atoms with Crippen molar-refractivity contribution in [3.8, 4) is 0 Å². The van der Waals surface area contributed by atoms with Gasteiger partial charge in [0.15, 0.2) is 0 Å². The predicted molar refractivity (Wildman–Crippen MR) is 67.9 cm³/mol. The lowest BCUT2D eigenvalue weighted by molar-refractivity contribution is 0.0546. The van der Waals surface area contributed by atoms with Gasteiger partial charge in [0.1, 0.15) is 0 Å². The molecule has 0 aromatic rings. The highest BCUT2D eigenvalue weighted by molar-refractivity contribution is 6.21. The first-order valence-corrected chi connectivity index (χ1v) is 7.27. The zero-order valence-electron chi connectivity index (χ0n) is 10.1. The summed E-state index contributed by atoms with van der Waals surface area (Å²) in [4.78, 5) is 2.52. The molecule has 2 aliphatic rings. The molecule has 1 aliphatic carbocycles. The first kappa shape index (κ1) is 12.7. The molecule has 0 spiro atoms. The van der Waals surface area contributed by atoms with Crippen molar-refractivity contribution >= 4 is 11.6 Å². The van der Waals surface area contributed by atoms with Gasteiger partial charge in [0.05, 0.1) is 6.10 Å². The molecule has 94 valence electrons. The van der Waals surface area contributed by atoms with Gasteiger partial charge in [-0.3, -0.25) is 4.90 Å². The lowest BCUT2D eigenvalue weighted by Crippen LogP contribution is -2.47. The van der Waals surface area contributed by atoms with Crippen molar-refractivity contribution < 1.29 is 5.11 Å². The Hall–Kier alpha value is 0.210. The van der Waals surface area contributed by atoms with Crippen LogP contribution >= 0.6 is 11.6 Å². The van der Waals surface area contributed by atoms with Crippen molar-refractivity contribution in [3.05, 3.63) is 0 Å². The molecule has 0 radical (unpaired) electrons. The highest BCUT2D eigenvalue weighted by Gasteiger charge is 2.29. The summed E-state index contributed by atoms with van der Waals surface area (Å²) >= 11 is 6.53. The number of likely N-dealkylation sites (tertiary alicyclic amines) is 1. The van der Waals surface area contributed by atoms with Crippen LogP contribution in [0.15, 0.2) is 0 Å². The van der Waals surface area contributed by atoms with Crippen molar-refractivity contribution in [2.75, 3.05) is 13.1 Å². The maximum absolute atomic E-state index is 9.53. The number of piperidine rings is 1. The molecule has 1 N–H and O–H groups in total. The fourth-order valence-electron chi connectivity index (χ4n) is 3.05. The molecule has 1 aliphatic heterocycles. The van der Waals surface area contributed by atoms with E-state index in [0.29, 0.717) is 11.4 Å². The number of halogens is 1. The Bertz CT molecular complexity index is 204. The minimum absolute atomic E-state index is 0.0708. The van der Waals surface area contributed by atoms with Gasteiger partial charge < -0.3 is 5.11 Å². The number of hydrogen-bond acceptors (Lipinski definition) is 2. The third kappa shape index (κ3) is 3.35. The minimum atomic E-state index is -0.0708. The normalized spacial score (nSPS) is 35.6. The molecule has 0 bridgehead atoms. The number of nitrogens with zero attached hydrogens (tertiary/aromatic N) is 1. The van der Waals surface area contributed by atoms with Crippen LogP contribution in [0.4, 0.5) is 0 Å². The Morgan fingerprint density at radius 1 is 0.875 bits per heavy atom. The second-order valence-electron chi connectivity index (χ2n) is 5.34. The van der Waals surface area contributed by atoms with Crippen molar-refractivity contribution in [1.29, 1.82) is 0 Å². The summed E-state index contributed by atoms with van der Waals surface area (Å²) in [6, 6.07) is 0.564. The summed E-state index contributed by atoms with van der Waals surface area (Å²) in [6.45, 7) is 2.07. The van der Waals surface area contributed by atoms with E-state index >= 15 is 0 Å². The van der Waals surface area contributed by atoms with Gasteiger partial charge in [0, 0.05) is 24.5 Å². The lowest BCUT2D eigenvalue weighted by Gasteiger charge is -2.39. The van der Waals surface area contributed by atoms with Crippen molar-refractivity contribution in [1.82, 2.24) is 4.90 Å². The Kier molecular flexibility index (Phi) is 4.93. The summed E-state index contributed by atoms with van der Waals surface area (Å²) in [5, 5.41) is 9.86. The number of rotatable bonds is 1. The van der Waals surface area contributed by atoms with Crippen LogP contribution < -0.4 is 0 Å². The molecule has 2 unspecified atom stereocenters. The van der Waals surface area contributed by atoms with Crippen LogP contribution in [0.3, 0.4) is 0 Å². The second kappa shape index (κ2) is 6.23. The number of aliphatic hydroxyl groups is 1. The third-order valence-corrected chi connectivity index (χ3v) is 4.62. The van der Waals surface area contributed by atoms with Crippen LogP contribution in [0.2, 0.25) is 0 Å². The van der Waals surface area contributed by atoms with E-state index in [9.17, 15) is 5.11 Å². The summed E-state index contributed by atoms with van der Waals surface area (Å²) in [6.07, 6.45) is 9.56. The van der Waals surface area contributed by atoms with E-state index in [0.717, 1.165) is 25.9 Å². The molecule has 16 heavy (non-hydrogen) atoms. The zero-order chi connectivity index (χ0) is 11.4. The van der Waals surface area contributed by atoms with E-state index < -0.39 is 0 Å². The minimum Gasteiger partial charge on any atom is -0.393 e. The number of hydrogen-bond donors (Lipinski definition) is 1. The SMILES string of the molecule is OC1CCN(C2CCCCCCC2Cl)CC1. The predicted octanol–water partition coefficient (Wildman–Crippen LogP) is 2.77. The van der Waals surface area contributed by atoms with Crippen LogP contribution in [0.1, 0.15) is 51.4 Å². The van der Waals surface area contributed by atoms with E-state index in [1.165, 1.54) is 38.5 Å². The first-order valence-electron chi connectivity index (χ1n) is 6.83. The van der Waals surface area contributed by atoms with Gasteiger partial charge in [0.25, 0.3) is 0 Å². The topological polar surface area (TPSA) is 23.5 Å². The average molecular weight is 246 g/mol. The fourth-order valence-corrected chi connectivity index (χ4v) is 3.49. The quantitative estimate of drug-likeness (QED) is 0.719. The first-order chi connectivity index (χ1) is 7.77. The molecule has 2 nitrogen and oxygen atoms in total. The Morgan fingerprint density at radius 2 is 1.50 bits per heavy atom. The van der Waals surface area contributed by atoms with Gasteiger partial charge in [-0.2, -0.15) is 0 Å². The molecule has 2 atom stereocenters. The Balaban J connectivity index is 1.89. The highest BCUT2D eigenvalue weighted by atomic mass is 35.5. The molecule has 1 saturated heterocycles. The molecule has 3 heteroatoms. The van der Waals surface area contributed by atoms with E-state index in [4.69, 9.17) is 11.6 Å². The largest absolute Gasteiger partial charge is 0.393 e. The molecule has 0 amide bonds. The van der Waals surface area contributed by atoms with Crippen LogP contribution in [0, 0.1) is 0 Å². The molecule has 2 rings (SSSR count). The lowest BCUT2D eigenvalue weighted by atomic mass is 9.93. The van der Waals surface area contributed by atoms with E-state index in [1.807, 2.05) is 0 Å². The summed E-state index contributed by atoms with van der Waals surface area (Å²) in [7, 11) is 0. The van der Waals surface area contributed by atoms with Crippen molar-refractivity contribution in [2.24, 2.45) is 0 Å². The fraction of sp³-hybridized carbons (Fsp3) is 1.00.